The van der Waals surface area contributed by atoms with E-state index in [0.717, 1.165) is 5.56 Å². The molecular weight excluding hydrogens is 250 g/mol. The number of carboxylic acid groups (broad SMARTS) is 1. The minimum atomic E-state index is -1.31. The lowest BCUT2D eigenvalue weighted by Gasteiger charge is -2.28. The summed E-state index contributed by atoms with van der Waals surface area (Å²) in [4.78, 5) is 33.5. The van der Waals surface area contributed by atoms with Crippen molar-refractivity contribution in [2.45, 2.75) is 18.9 Å². The molecule has 0 aliphatic carbocycles. The summed E-state index contributed by atoms with van der Waals surface area (Å²) in [5, 5.41) is 10.8. The third-order valence-corrected chi connectivity index (χ3v) is 2.99. The molecule has 1 amide bonds. The van der Waals surface area contributed by atoms with Crippen molar-refractivity contribution >= 4 is 18.0 Å². The molecule has 1 saturated heterocycles. The van der Waals surface area contributed by atoms with Crippen molar-refractivity contribution in [3.63, 3.8) is 0 Å². The highest BCUT2D eigenvalue weighted by Gasteiger charge is 2.38. The Balaban J connectivity index is 2.15. The van der Waals surface area contributed by atoms with Crippen LogP contribution < -0.4 is 5.32 Å². The molecule has 1 heterocycles. The predicted molar refractivity (Wildman–Crippen MR) is 64.3 cm³/mol. The first-order chi connectivity index (χ1) is 9.06. The van der Waals surface area contributed by atoms with Gasteiger partial charge in [0.05, 0.1) is 6.42 Å². The number of amides is 1. The fraction of sp³-hybridized carbons (Fsp3) is 0.308. The number of rotatable bonds is 3. The summed E-state index contributed by atoms with van der Waals surface area (Å²) in [7, 11) is 0. The summed E-state index contributed by atoms with van der Waals surface area (Å²) in [5.41, 5.74) is 0.937. The van der Waals surface area contributed by atoms with E-state index >= 15 is 0 Å². The molecule has 0 aromatic heterocycles. The van der Waals surface area contributed by atoms with Crippen LogP contribution in [0, 0.1) is 5.92 Å². The number of hydrogen-bond acceptors (Lipinski definition) is 4. The van der Waals surface area contributed by atoms with Crippen LogP contribution in [0.25, 0.3) is 0 Å². The Morgan fingerprint density at radius 3 is 2.63 bits per heavy atom. The summed E-state index contributed by atoms with van der Waals surface area (Å²) >= 11 is 0. The molecule has 1 unspecified atom stereocenters. The van der Waals surface area contributed by atoms with Crippen molar-refractivity contribution in [1.82, 2.24) is 5.32 Å². The Hall–Kier alpha value is -2.37. The average molecular weight is 263 g/mol. The number of ether oxygens (including phenoxy) is 1. The molecule has 1 aliphatic heterocycles. The highest BCUT2D eigenvalue weighted by molar-refractivity contribution is 5.93. The zero-order valence-electron chi connectivity index (χ0n) is 10.0. The number of carbonyl (C=O) groups is 3. The topological polar surface area (TPSA) is 92.7 Å². The summed E-state index contributed by atoms with van der Waals surface area (Å²) in [6.07, 6.45) is -0.854. The van der Waals surface area contributed by atoms with Crippen LogP contribution in [0.5, 0.6) is 0 Å². The van der Waals surface area contributed by atoms with Crippen molar-refractivity contribution < 1.29 is 24.2 Å². The van der Waals surface area contributed by atoms with Gasteiger partial charge in [-0.3, -0.25) is 4.79 Å². The number of esters is 2. The van der Waals surface area contributed by atoms with Crippen LogP contribution in [-0.2, 0) is 20.7 Å². The minimum absolute atomic E-state index is 0.0194. The van der Waals surface area contributed by atoms with Crippen molar-refractivity contribution in [3.05, 3.63) is 35.9 Å². The Labute approximate surface area is 109 Å². The standard InChI is InChI=1S/C13H13NO5/c15-10-7-9(6-8-4-2-1-3-5-8)11(12(16)19-10)14-13(17)18/h1-5,9,11,14H,6-7H2,(H,17,18)/t9?,11-/m0/s1. The molecule has 0 saturated carbocycles. The Bertz CT molecular complexity index is 499. The van der Waals surface area contributed by atoms with E-state index in [4.69, 9.17) is 5.11 Å². The quantitative estimate of drug-likeness (QED) is 0.625. The fourth-order valence-corrected chi connectivity index (χ4v) is 2.16. The van der Waals surface area contributed by atoms with E-state index in [2.05, 4.69) is 10.1 Å². The highest BCUT2D eigenvalue weighted by Crippen LogP contribution is 2.22. The SMILES string of the molecule is O=C(O)N[C@@H]1C(=O)OC(=O)CC1Cc1ccccc1. The number of carbonyl (C=O) groups excluding carboxylic acids is 2. The first kappa shape index (κ1) is 13.1. The molecular formula is C13H13NO5. The summed E-state index contributed by atoms with van der Waals surface area (Å²) in [6.45, 7) is 0. The summed E-state index contributed by atoms with van der Waals surface area (Å²) in [6, 6.07) is 8.27. The molecule has 19 heavy (non-hydrogen) atoms. The van der Waals surface area contributed by atoms with E-state index in [9.17, 15) is 14.4 Å². The minimum Gasteiger partial charge on any atom is -0.465 e. The maximum Gasteiger partial charge on any atom is 0.405 e. The number of nitrogens with one attached hydrogen (secondary N) is 1. The van der Waals surface area contributed by atoms with E-state index in [-0.39, 0.29) is 6.42 Å². The number of benzene rings is 1. The van der Waals surface area contributed by atoms with E-state index < -0.39 is 30.0 Å². The van der Waals surface area contributed by atoms with Gasteiger partial charge in [0, 0.05) is 5.92 Å². The molecule has 1 aromatic rings. The zero-order chi connectivity index (χ0) is 13.8. The van der Waals surface area contributed by atoms with Crippen LogP contribution >= 0.6 is 0 Å². The maximum absolute atomic E-state index is 11.6. The third-order valence-electron chi connectivity index (χ3n) is 2.99. The molecule has 0 radical (unpaired) electrons. The summed E-state index contributed by atoms with van der Waals surface area (Å²) < 4.78 is 4.46. The van der Waals surface area contributed by atoms with Crippen molar-refractivity contribution in [2.75, 3.05) is 0 Å². The lowest BCUT2D eigenvalue weighted by molar-refractivity contribution is -0.167. The monoisotopic (exact) mass is 263 g/mol. The summed E-state index contributed by atoms with van der Waals surface area (Å²) in [5.74, 6) is -1.87. The third kappa shape index (κ3) is 3.31. The average Bonchev–Trinajstić information content (AvgIpc) is 2.34. The lowest BCUT2D eigenvalue weighted by Crippen LogP contribution is -2.51. The van der Waals surface area contributed by atoms with Gasteiger partial charge in [-0.25, -0.2) is 9.59 Å². The van der Waals surface area contributed by atoms with Crippen molar-refractivity contribution in [3.8, 4) is 0 Å². The molecule has 0 bridgehead atoms. The predicted octanol–water partition coefficient (Wildman–Crippen LogP) is 0.955. The van der Waals surface area contributed by atoms with Gasteiger partial charge in [0.1, 0.15) is 6.04 Å². The van der Waals surface area contributed by atoms with E-state index in [1.165, 1.54) is 0 Å². The Kier molecular flexibility index (Phi) is 3.79. The van der Waals surface area contributed by atoms with Gasteiger partial charge in [0.2, 0.25) is 0 Å². The molecule has 1 aromatic carbocycles. The maximum atomic E-state index is 11.6. The Morgan fingerprint density at radius 1 is 1.32 bits per heavy atom. The first-order valence-electron chi connectivity index (χ1n) is 5.84. The van der Waals surface area contributed by atoms with E-state index in [0.29, 0.717) is 6.42 Å². The van der Waals surface area contributed by atoms with Gasteiger partial charge >= 0.3 is 18.0 Å². The molecule has 1 aliphatic rings. The van der Waals surface area contributed by atoms with Gasteiger partial charge in [-0.1, -0.05) is 30.3 Å². The molecule has 0 spiro atoms. The van der Waals surface area contributed by atoms with Crippen LogP contribution in [0.2, 0.25) is 0 Å². The van der Waals surface area contributed by atoms with Gasteiger partial charge in [-0.15, -0.1) is 0 Å². The Morgan fingerprint density at radius 2 is 2.00 bits per heavy atom. The molecule has 6 nitrogen and oxygen atoms in total. The van der Waals surface area contributed by atoms with Crippen LogP contribution in [0.15, 0.2) is 30.3 Å². The van der Waals surface area contributed by atoms with Crippen LogP contribution in [0.1, 0.15) is 12.0 Å². The number of cyclic esters (lactones) is 2. The normalized spacial score (nSPS) is 22.7. The zero-order valence-corrected chi connectivity index (χ0v) is 10.0. The van der Waals surface area contributed by atoms with Gasteiger partial charge < -0.3 is 15.2 Å². The van der Waals surface area contributed by atoms with E-state index in [1.807, 2.05) is 30.3 Å². The second kappa shape index (κ2) is 5.51. The van der Waals surface area contributed by atoms with Gasteiger partial charge in [0.15, 0.2) is 0 Å². The van der Waals surface area contributed by atoms with Gasteiger partial charge in [-0.05, 0) is 12.0 Å². The van der Waals surface area contributed by atoms with Crippen LogP contribution in [-0.4, -0.2) is 29.2 Å². The highest BCUT2D eigenvalue weighted by atomic mass is 16.6. The molecule has 2 atom stereocenters. The van der Waals surface area contributed by atoms with Gasteiger partial charge in [-0.2, -0.15) is 0 Å². The van der Waals surface area contributed by atoms with Crippen LogP contribution in [0.3, 0.4) is 0 Å². The molecule has 2 rings (SSSR count). The largest absolute Gasteiger partial charge is 0.465 e. The number of hydrogen-bond donors (Lipinski definition) is 2. The lowest BCUT2D eigenvalue weighted by atomic mass is 9.88. The molecule has 6 heteroatoms. The fourth-order valence-electron chi connectivity index (χ4n) is 2.16. The van der Waals surface area contributed by atoms with Gasteiger partial charge in [0.25, 0.3) is 0 Å². The smallest absolute Gasteiger partial charge is 0.405 e. The second-order valence-electron chi connectivity index (χ2n) is 4.37. The van der Waals surface area contributed by atoms with Crippen molar-refractivity contribution in [2.24, 2.45) is 5.92 Å². The van der Waals surface area contributed by atoms with Crippen LogP contribution in [0.4, 0.5) is 4.79 Å². The van der Waals surface area contributed by atoms with E-state index in [1.54, 1.807) is 0 Å². The van der Waals surface area contributed by atoms with Crippen molar-refractivity contribution in [1.29, 1.82) is 0 Å². The first-order valence-corrected chi connectivity index (χ1v) is 5.84. The molecule has 100 valence electrons. The second-order valence-corrected chi connectivity index (χ2v) is 4.37. The molecule has 2 N–H and O–H groups in total. The molecule has 1 fully saturated rings.